The molecule has 7 heteroatoms. The number of hydrogen-bond donors (Lipinski definition) is 0. The van der Waals surface area contributed by atoms with Crippen molar-refractivity contribution in [1.82, 2.24) is 0 Å². The minimum absolute atomic E-state index is 0.752. The van der Waals surface area contributed by atoms with Gasteiger partial charge in [0.15, 0.2) is 0 Å². The molecule has 6 nitrogen and oxygen atoms in total. The molecule has 0 fully saturated rings. The highest BCUT2D eigenvalue weighted by atomic mass is 28.4. The Bertz CT molecular complexity index is 660. The molecule has 0 bridgehead atoms. The Balaban J connectivity index is 2.13. The zero-order valence-corrected chi connectivity index (χ0v) is 15.7. The van der Waals surface area contributed by atoms with Crippen molar-refractivity contribution in [3.63, 3.8) is 0 Å². The highest BCUT2D eigenvalue weighted by molar-refractivity contribution is 6.75. The highest BCUT2D eigenvalue weighted by Crippen LogP contribution is 2.21. The van der Waals surface area contributed by atoms with Gasteiger partial charge in [-0.3, -0.25) is 0 Å². The summed E-state index contributed by atoms with van der Waals surface area (Å²) in [7, 11) is 5.97. The molecule has 0 heterocycles. The van der Waals surface area contributed by atoms with Crippen LogP contribution in [0.3, 0.4) is 0 Å². The second-order valence-electron chi connectivity index (χ2n) is 5.33. The van der Waals surface area contributed by atoms with Gasteiger partial charge in [0.1, 0.15) is 0 Å². The number of rotatable bonds is 7. The molecule has 0 atom stereocenters. The number of hydrogen-bond acceptors (Lipinski definition) is 6. The molecule has 0 saturated heterocycles. The zero-order chi connectivity index (χ0) is 17.6. The van der Waals surface area contributed by atoms with Crippen molar-refractivity contribution in [2.45, 2.75) is 0 Å². The van der Waals surface area contributed by atoms with Crippen LogP contribution in [-0.4, -0.2) is 44.2 Å². The van der Waals surface area contributed by atoms with Gasteiger partial charge in [-0.1, -0.05) is 12.1 Å². The second kappa shape index (κ2) is 8.16. The summed E-state index contributed by atoms with van der Waals surface area (Å²) in [5, 5.41) is 9.39. The molecule has 0 unspecified atom stereocenters. The minimum atomic E-state index is -2.80. The third-order valence-corrected chi connectivity index (χ3v) is 6.33. The first-order valence-corrected chi connectivity index (χ1v) is 9.22. The number of anilines is 1. The second-order valence-corrected chi connectivity index (χ2v) is 8.24. The Hall–Kier alpha value is -2.06. The average Bonchev–Trinajstić information content (AvgIpc) is 2.63. The van der Waals surface area contributed by atoms with Crippen LogP contribution >= 0.6 is 0 Å². The van der Waals surface area contributed by atoms with Gasteiger partial charge in [-0.15, -0.1) is 0 Å². The van der Waals surface area contributed by atoms with Crippen LogP contribution in [0.2, 0.25) is 0 Å². The van der Waals surface area contributed by atoms with Crippen LogP contribution in [-0.2, 0) is 13.3 Å². The molecule has 2 aromatic rings. The maximum Gasteiger partial charge on any atom is 0.536 e. The van der Waals surface area contributed by atoms with Gasteiger partial charge in [-0.2, -0.15) is 10.2 Å². The van der Waals surface area contributed by atoms with Gasteiger partial charge in [0.2, 0.25) is 0 Å². The van der Waals surface area contributed by atoms with Crippen LogP contribution in [0.1, 0.15) is 0 Å². The molecule has 2 aromatic carbocycles. The maximum atomic E-state index is 5.46. The molecular formula is C17H23N3O3Si. The van der Waals surface area contributed by atoms with Crippen molar-refractivity contribution < 1.29 is 13.3 Å². The van der Waals surface area contributed by atoms with Crippen LogP contribution in [0.4, 0.5) is 17.1 Å². The van der Waals surface area contributed by atoms with E-state index in [0.717, 1.165) is 22.2 Å². The first kappa shape index (κ1) is 18.3. The van der Waals surface area contributed by atoms with Crippen molar-refractivity contribution in [1.29, 1.82) is 0 Å². The van der Waals surface area contributed by atoms with Crippen molar-refractivity contribution in [2.24, 2.45) is 10.2 Å². The number of nitrogens with zero attached hydrogens (tertiary/aromatic N) is 3. The smallest absolute Gasteiger partial charge is 0.378 e. The van der Waals surface area contributed by atoms with Gasteiger partial charge < -0.3 is 18.2 Å². The lowest BCUT2D eigenvalue weighted by Gasteiger charge is -2.24. The van der Waals surface area contributed by atoms with Crippen LogP contribution < -0.4 is 10.1 Å². The van der Waals surface area contributed by atoms with Crippen molar-refractivity contribution in [2.75, 3.05) is 40.3 Å². The first-order chi connectivity index (χ1) is 11.5. The fourth-order valence-electron chi connectivity index (χ4n) is 2.27. The van der Waals surface area contributed by atoms with Gasteiger partial charge in [0.25, 0.3) is 0 Å². The van der Waals surface area contributed by atoms with E-state index in [2.05, 4.69) is 10.2 Å². The quantitative estimate of drug-likeness (QED) is 0.571. The predicted octanol–water partition coefficient (Wildman–Crippen LogP) is 3.25. The van der Waals surface area contributed by atoms with Crippen molar-refractivity contribution in [3.8, 4) is 0 Å². The van der Waals surface area contributed by atoms with E-state index in [4.69, 9.17) is 13.3 Å². The molecule has 0 aliphatic rings. The number of benzene rings is 2. The first-order valence-electron chi connectivity index (χ1n) is 7.50. The Morgan fingerprint density at radius 1 is 0.708 bits per heavy atom. The normalized spacial score (nSPS) is 11.9. The SMILES string of the molecule is CO[Si](OC)(OC)c1ccc(N=Nc2ccc(N(C)C)cc2)cc1. The van der Waals surface area contributed by atoms with E-state index in [0.29, 0.717) is 0 Å². The topological polar surface area (TPSA) is 55.6 Å². The lowest BCUT2D eigenvalue weighted by molar-refractivity contribution is 0.140. The fourth-order valence-corrected chi connectivity index (χ4v) is 4.05. The lowest BCUT2D eigenvalue weighted by Crippen LogP contribution is -2.54. The summed E-state index contributed by atoms with van der Waals surface area (Å²) < 4.78 is 16.4. The minimum Gasteiger partial charge on any atom is -0.378 e. The molecule has 0 aliphatic carbocycles. The highest BCUT2D eigenvalue weighted by Gasteiger charge is 2.40. The third kappa shape index (κ3) is 4.07. The van der Waals surface area contributed by atoms with Gasteiger partial charge in [0, 0.05) is 46.3 Å². The summed E-state index contributed by atoms with van der Waals surface area (Å²) in [5.74, 6) is 0. The van der Waals surface area contributed by atoms with Gasteiger partial charge in [0.05, 0.1) is 11.4 Å². The van der Waals surface area contributed by atoms with Crippen LogP contribution in [0.25, 0.3) is 0 Å². The summed E-state index contributed by atoms with van der Waals surface area (Å²) in [5.41, 5.74) is 2.68. The molecule has 0 amide bonds. The molecular weight excluding hydrogens is 322 g/mol. The molecule has 0 radical (unpaired) electrons. The number of azo groups is 1. The molecule has 0 N–H and O–H groups in total. The molecule has 2 rings (SSSR count). The Kier molecular flexibility index (Phi) is 6.21. The van der Waals surface area contributed by atoms with Gasteiger partial charge >= 0.3 is 8.80 Å². The Morgan fingerprint density at radius 3 is 1.50 bits per heavy atom. The summed E-state index contributed by atoms with van der Waals surface area (Å²) in [6.45, 7) is 0. The largest absolute Gasteiger partial charge is 0.536 e. The Labute approximate surface area is 144 Å². The Morgan fingerprint density at radius 2 is 1.12 bits per heavy atom. The molecule has 0 aliphatic heterocycles. The summed E-state index contributed by atoms with van der Waals surface area (Å²) in [6, 6.07) is 15.4. The molecule has 24 heavy (non-hydrogen) atoms. The van der Waals surface area contributed by atoms with Gasteiger partial charge in [-0.05, 0) is 36.4 Å². The maximum absolute atomic E-state index is 5.46. The molecule has 0 spiro atoms. The molecule has 128 valence electrons. The van der Waals surface area contributed by atoms with E-state index in [9.17, 15) is 0 Å². The predicted molar refractivity (Wildman–Crippen MR) is 97.8 cm³/mol. The molecule has 0 saturated carbocycles. The van der Waals surface area contributed by atoms with Crippen LogP contribution in [0, 0.1) is 0 Å². The van der Waals surface area contributed by atoms with Crippen molar-refractivity contribution in [3.05, 3.63) is 48.5 Å². The zero-order valence-electron chi connectivity index (χ0n) is 14.7. The standard InChI is InChI=1S/C17H23N3O3Si/c1-20(2)16-10-6-14(7-11-16)18-19-15-8-12-17(13-9-15)24(21-3,22-4)23-5/h6-13H,1-5H3. The van der Waals surface area contributed by atoms with E-state index in [1.807, 2.05) is 67.5 Å². The summed E-state index contributed by atoms with van der Waals surface area (Å²) in [4.78, 5) is 2.04. The monoisotopic (exact) mass is 345 g/mol. The van der Waals surface area contributed by atoms with E-state index < -0.39 is 8.80 Å². The summed E-state index contributed by atoms with van der Waals surface area (Å²) >= 11 is 0. The van der Waals surface area contributed by atoms with E-state index >= 15 is 0 Å². The summed E-state index contributed by atoms with van der Waals surface area (Å²) in [6.07, 6.45) is 0. The van der Waals surface area contributed by atoms with Crippen molar-refractivity contribution >= 4 is 31.1 Å². The van der Waals surface area contributed by atoms with Crippen LogP contribution in [0.15, 0.2) is 58.8 Å². The third-order valence-electron chi connectivity index (χ3n) is 3.67. The fraction of sp³-hybridized carbons (Fsp3) is 0.294. The lowest BCUT2D eigenvalue weighted by atomic mass is 10.3. The van der Waals surface area contributed by atoms with Gasteiger partial charge in [-0.25, -0.2) is 0 Å². The average molecular weight is 345 g/mol. The van der Waals surface area contributed by atoms with Crippen LogP contribution in [0.5, 0.6) is 0 Å². The van der Waals surface area contributed by atoms with E-state index in [-0.39, 0.29) is 0 Å². The van der Waals surface area contributed by atoms with E-state index in [1.165, 1.54) is 0 Å². The molecule has 0 aromatic heterocycles. The van der Waals surface area contributed by atoms with E-state index in [1.54, 1.807) is 21.3 Å².